The largest absolute Gasteiger partial charge is 0.481 e. The van der Waals surface area contributed by atoms with Crippen molar-refractivity contribution in [2.45, 2.75) is 44.2 Å². The smallest absolute Gasteiger partial charge is 0.306 e. The topological polar surface area (TPSA) is 52.6 Å². The molecular formula is C17H23ClN2O2. The lowest BCUT2D eigenvalue weighted by Gasteiger charge is -2.29. The van der Waals surface area contributed by atoms with Gasteiger partial charge in [0, 0.05) is 35.9 Å². The van der Waals surface area contributed by atoms with Gasteiger partial charge in [-0.15, -0.1) is 0 Å². The van der Waals surface area contributed by atoms with Crippen LogP contribution in [0.15, 0.2) is 24.3 Å². The zero-order chi connectivity index (χ0) is 15.5. The molecule has 0 bridgehead atoms. The maximum atomic E-state index is 11.0. The minimum atomic E-state index is -0.633. The molecule has 1 aliphatic heterocycles. The number of nitrogens with one attached hydrogen (secondary N) is 1. The first-order chi connectivity index (χ1) is 10.6. The van der Waals surface area contributed by atoms with E-state index in [0.717, 1.165) is 50.2 Å². The number of benzene rings is 1. The molecule has 22 heavy (non-hydrogen) atoms. The van der Waals surface area contributed by atoms with E-state index in [1.165, 1.54) is 5.69 Å². The molecule has 120 valence electrons. The third-order valence-electron chi connectivity index (χ3n) is 4.91. The highest BCUT2D eigenvalue weighted by atomic mass is 35.5. The lowest BCUT2D eigenvalue weighted by Crippen LogP contribution is -2.42. The van der Waals surface area contributed by atoms with Gasteiger partial charge in [0.2, 0.25) is 0 Å². The molecule has 0 radical (unpaired) electrons. The quantitative estimate of drug-likeness (QED) is 0.894. The van der Waals surface area contributed by atoms with Crippen LogP contribution in [0.4, 0.5) is 5.69 Å². The molecule has 3 rings (SSSR count). The minimum absolute atomic E-state index is 0.135. The van der Waals surface area contributed by atoms with Gasteiger partial charge in [-0.05, 0) is 50.3 Å². The number of hydrogen-bond acceptors (Lipinski definition) is 3. The Kier molecular flexibility index (Phi) is 4.89. The van der Waals surface area contributed by atoms with Crippen LogP contribution in [0.1, 0.15) is 32.1 Å². The van der Waals surface area contributed by atoms with Crippen LogP contribution in [0.3, 0.4) is 0 Å². The summed E-state index contributed by atoms with van der Waals surface area (Å²) in [5.41, 5.74) is 1.19. The monoisotopic (exact) mass is 322 g/mol. The second kappa shape index (κ2) is 6.88. The Labute approximate surface area is 136 Å². The van der Waals surface area contributed by atoms with Gasteiger partial charge in [0.15, 0.2) is 0 Å². The number of carboxylic acids is 1. The summed E-state index contributed by atoms with van der Waals surface area (Å²) in [5, 5.41) is 13.6. The minimum Gasteiger partial charge on any atom is -0.481 e. The van der Waals surface area contributed by atoms with Crippen LogP contribution >= 0.6 is 11.6 Å². The van der Waals surface area contributed by atoms with E-state index < -0.39 is 5.97 Å². The van der Waals surface area contributed by atoms with E-state index in [-0.39, 0.29) is 5.92 Å². The fraction of sp³-hybridized carbons (Fsp3) is 0.588. The average molecular weight is 323 g/mol. The van der Waals surface area contributed by atoms with E-state index in [1.807, 2.05) is 18.2 Å². The number of nitrogens with zero attached hydrogens (tertiary/aromatic N) is 1. The van der Waals surface area contributed by atoms with Crippen LogP contribution in [-0.4, -0.2) is 36.2 Å². The van der Waals surface area contributed by atoms with Crippen molar-refractivity contribution in [2.75, 3.05) is 18.0 Å². The molecule has 1 saturated heterocycles. The molecule has 0 spiro atoms. The third-order valence-corrected chi connectivity index (χ3v) is 5.14. The molecule has 1 aliphatic carbocycles. The van der Waals surface area contributed by atoms with Crippen molar-refractivity contribution < 1.29 is 9.90 Å². The molecule has 2 N–H and O–H groups in total. The maximum absolute atomic E-state index is 11.0. The zero-order valence-corrected chi connectivity index (χ0v) is 13.4. The molecule has 0 amide bonds. The Bertz CT molecular complexity index is 529. The number of carboxylic acid groups (broad SMARTS) is 1. The van der Waals surface area contributed by atoms with E-state index in [1.54, 1.807) is 0 Å². The van der Waals surface area contributed by atoms with Gasteiger partial charge in [-0.3, -0.25) is 4.79 Å². The Morgan fingerprint density at radius 3 is 2.64 bits per heavy atom. The molecular weight excluding hydrogens is 300 g/mol. The second-order valence-corrected chi connectivity index (χ2v) is 6.90. The molecule has 2 fully saturated rings. The summed E-state index contributed by atoms with van der Waals surface area (Å²) in [4.78, 5) is 13.4. The molecule has 4 nitrogen and oxygen atoms in total. The van der Waals surface area contributed by atoms with Crippen molar-refractivity contribution >= 4 is 23.3 Å². The zero-order valence-electron chi connectivity index (χ0n) is 12.7. The standard InChI is InChI=1S/C17H23ClN2O2/c18-13-2-1-3-16(10-13)20-9-8-15(11-20)19-14-6-4-12(5-7-14)17(21)22/h1-3,10,12,14-15,19H,4-9,11H2,(H,21,22). The number of hydrogen-bond donors (Lipinski definition) is 2. The summed E-state index contributed by atoms with van der Waals surface area (Å²) in [6, 6.07) is 8.97. The number of rotatable bonds is 4. The Morgan fingerprint density at radius 1 is 1.18 bits per heavy atom. The SMILES string of the molecule is O=C(O)C1CCC(NC2CCN(c3cccc(Cl)c3)C2)CC1. The lowest BCUT2D eigenvalue weighted by molar-refractivity contribution is -0.142. The van der Waals surface area contributed by atoms with Gasteiger partial charge in [0.05, 0.1) is 5.92 Å². The Hall–Kier alpha value is -1.26. The summed E-state index contributed by atoms with van der Waals surface area (Å²) < 4.78 is 0. The summed E-state index contributed by atoms with van der Waals surface area (Å²) in [6.07, 6.45) is 4.69. The highest BCUT2D eigenvalue weighted by molar-refractivity contribution is 6.30. The molecule has 1 heterocycles. The van der Waals surface area contributed by atoms with E-state index in [4.69, 9.17) is 16.7 Å². The number of anilines is 1. The summed E-state index contributed by atoms with van der Waals surface area (Å²) in [5.74, 6) is -0.768. The van der Waals surface area contributed by atoms with Crippen molar-refractivity contribution in [3.8, 4) is 0 Å². The molecule has 0 aromatic heterocycles. The van der Waals surface area contributed by atoms with Gasteiger partial charge in [-0.2, -0.15) is 0 Å². The van der Waals surface area contributed by atoms with Crippen LogP contribution in [-0.2, 0) is 4.79 Å². The molecule has 2 aliphatic rings. The van der Waals surface area contributed by atoms with E-state index in [0.29, 0.717) is 12.1 Å². The Morgan fingerprint density at radius 2 is 1.95 bits per heavy atom. The van der Waals surface area contributed by atoms with Gasteiger partial charge >= 0.3 is 5.97 Å². The van der Waals surface area contributed by atoms with Gasteiger partial charge in [0.1, 0.15) is 0 Å². The van der Waals surface area contributed by atoms with Crippen LogP contribution in [0.25, 0.3) is 0 Å². The fourth-order valence-corrected chi connectivity index (χ4v) is 3.83. The number of aliphatic carboxylic acids is 1. The van der Waals surface area contributed by atoms with Gasteiger partial charge in [-0.1, -0.05) is 17.7 Å². The predicted octanol–water partition coefficient (Wildman–Crippen LogP) is 3.15. The lowest BCUT2D eigenvalue weighted by atomic mass is 9.86. The molecule has 1 aromatic rings. The first-order valence-corrected chi connectivity index (χ1v) is 8.49. The molecule has 5 heteroatoms. The van der Waals surface area contributed by atoms with Crippen molar-refractivity contribution in [3.05, 3.63) is 29.3 Å². The maximum Gasteiger partial charge on any atom is 0.306 e. The van der Waals surface area contributed by atoms with Gasteiger partial charge in [-0.25, -0.2) is 0 Å². The van der Waals surface area contributed by atoms with Crippen LogP contribution in [0, 0.1) is 5.92 Å². The second-order valence-electron chi connectivity index (χ2n) is 6.46. The van der Waals surface area contributed by atoms with E-state index >= 15 is 0 Å². The molecule has 1 saturated carbocycles. The van der Waals surface area contributed by atoms with Crippen molar-refractivity contribution in [1.29, 1.82) is 0 Å². The predicted molar refractivity (Wildman–Crippen MR) is 88.6 cm³/mol. The van der Waals surface area contributed by atoms with Crippen LogP contribution in [0.5, 0.6) is 0 Å². The molecule has 1 atom stereocenters. The van der Waals surface area contributed by atoms with Crippen LogP contribution in [0.2, 0.25) is 5.02 Å². The average Bonchev–Trinajstić information content (AvgIpc) is 2.96. The van der Waals surface area contributed by atoms with E-state index in [2.05, 4.69) is 16.3 Å². The van der Waals surface area contributed by atoms with Crippen molar-refractivity contribution in [3.63, 3.8) is 0 Å². The van der Waals surface area contributed by atoms with Gasteiger partial charge in [0.25, 0.3) is 0 Å². The molecule has 1 aromatic carbocycles. The normalized spacial score (nSPS) is 28.8. The Balaban J connectivity index is 1.48. The fourth-order valence-electron chi connectivity index (χ4n) is 3.64. The molecule has 1 unspecified atom stereocenters. The number of carbonyl (C=O) groups is 1. The highest BCUT2D eigenvalue weighted by Gasteiger charge is 2.29. The summed E-state index contributed by atoms with van der Waals surface area (Å²) in [7, 11) is 0. The van der Waals surface area contributed by atoms with E-state index in [9.17, 15) is 4.79 Å². The highest BCUT2D eigenvalue weighted by Crippen LogP contribution is 2.27. The van der Waals surface area contributed by atoms with Gasteiger partial charge < -0.3 is 15.3 Å². The van der Waals surface area contributed by atoms with Crippen LogP contribution < -0.4 is 10.2 Å². The first-order valence-electron chi connectivity index (χ1n) is 8.11. The number of halogens is 1. The summed E-state index contributed by atoms with van der Waals surface area (Å²) >= 11 is 6.06. The summed E-state index contributed by atoms with van der Waals surface area (Å²) in [6.45, 7) is 2.04. The van der Waals surface area contributed by atoms with Crippen molar-refractivity contribution in [2.24, 2.45) is 5.92 Å². The first kappa shape index (κ1) is 15.6. The third kappa shape index (κ3) is 3.73. The van der Waals surface area contributed by atoms with Crippen molar-refractivity contribution in [1.82, 2.24) is 5.32 Å².